The van der Waals surface area contributed by atoms with E-state index in [1.807, 2.05) is 0 Å². The lowest BCUT2D eigenvalue weighted by Crippen LogP contribution is -2.45. The fourth-order valence-electron chi connectivity index (χ4n) is 3.13. The summed E-state index contributed by atoms with van der Waals surface area (Å²) in [5.41, 5.74) is 4.02. The first kappa shape index (κ1) is 16.0. The highest BCUT2D eigenvalue weighted by atomic mass is 32.2. The average Bonchev–Trinajstić information content (AvgIpc) is 3.30. The molecule has 1 aromatic rings. The summed E-state index contributed by atoms with van der Waals surface area (Å²) in [4.78, 5) is 2.43. The lowest BCUT2D eigenvalue weighted by atomic mass is 10.0. The molecule has 0 atom stereocenters. The van der Waals surface area contributed by atoms with Gasteiger partial charge in [-0.1, -0.05) is 23.8 Å². The summed E-state index contributed by atoms with van der Waals surface area (Å²) >= 11 is 0. The molecular formula is C17H26N2O2S. The normalized spacial score (nSPS) is 21.2. The number of piperidine rings is 1. The van der Waals surface area contributed by atoms with E-state index in [-0.39, 0.29) is 11.3 Å². The predicted molar refractivity (Wildman–Crippen MR) is 89.3 cm³/mol. The van der Waals surface area contributed by atoms with Gasteiger partial charge in [-0.25, -0.2) is 13.1 Å². The smallest absolute Gasteiger partial charge is 0.214 e. The number of benzene rings is 1. The van der Waals surface area contributed by atoms with E-state index >= 15 is 0 Å². The van der Waals surface area contributed by atoms with Crippen LogP contribution >= 0.6 is 0 Å². The summed E-state index contributed by atoms with van der Waals surface area (Å²) in [5, 5.41) is -0.111. The maximum Gasteiger partial charge on any atom is 0.214 e. The largest absolute Gasteiger partial charge is 0.299 e. The Kier molecular flexibility index (Phi) is 4.57. The standard InChI is InChI=1S/C17H26N2O2S/c1-13-3-4-14(2)15(11-13)12-19-9-7-16(8-10-19)18-22(20,21)17-5-6-17/h3-4,11,16-18H,5-10,12H2,1-2H3. The maximum atomic E-state index is 12.0. The number of rotatable bonds is 5. The van der Waals surface area contributed by atoms with Crippen LogP contribution in [-0.2, 0) is 16.6 Å². The Morgan fingerprint density at radius 1 is 1.14 bits per heavy atom. The highest BCUT2D eigenvalue weighted by molar-refractivity contribution is 7.90. The minimum atomic E-state index is -3.04. The molecule has 0 spiro atoms. The second-order valence-corrected chi connectivity index (χ2v) is 8.83. The van der Waals surface area contributed by atoms with Crippen molar-refractivity contribution in [3.63, 3.8) is 0 Å². The second-order valence-electron chi connectivity index (χ2n) is 6.84. The number of hydrogen-bond donors (Lipinski definition) is 1. The molecular weight excluding hydrogens is 296 g/mol. The number of likely N-dealkylation sites (tertiary alicyclic amines) is 1. The van der Waals surface area contributed by atoms with Crippen molar-refractivity contribution in [2.75, 3.05) is 13.1 Å². The van der Waals surface area contributed by atoms with Gasteiger partial charge in [-0.05, 0) is 50.7 Å². The number of hydrogen-bond acceptors (Lipinski definition) is 3. The van der Waals surface area contributed by atoms with Crippen LogP contribution in [0.2, 0.25) is 0 Å². The summed E-state index contributed by atoms with van der Waals surface area (Å²) in [6.45, 7) is 7.18. The molecule has 1 saturated heterocycles. The van der Waals surface area contributed by atoms with Gasteiger partial charge in [0.1, 0.15) is 0 Å². The van der Waals surface area contributed by atoms with Gasteiger partial charge in [-0.3, -0.25) is 4.90 Å². The highest BCUT2D eigenvalue weighted by Gasteiger charge is 2.37. The van der Waals surface area contributed by atoms with E-state index in [0.29, 0.717) is 0 Å². The lowest BCUT2D eigenvalue weighted by molar-refractivity contribution is 0.199. The van der Waals surface area contributed by atoms with E-state index in [1.54, 1.807) is 0 Å². The minimum Gasteiger partial charge on any atom is -0.299 e. The monoisotopic (exact) mass is 322 g/mol. The van der Waals surface area contributed by atoms with Crippen molar-refractivity contribution in [3.8, 4) is 0 Å². The molecule has 2 fully saturated rings. The quantitative estimate of drug-likeness (QED) is 0.905. The van der Waals surface area contributed by atoms with Crippen molar-refractivity contribution in [1.82, 2.24) is 9.62 Å². The number of sulfonamides is 1. The van der Waals surface area contributed by atoms with Gasteiger partial charge in [0.15, 0.2) is 0 Å². The summed E-state index contributed by atoms with van der Waals surface area (Å²) in [6, 6.07) is 6.72. The molecule has 0 amide bonds. The molecule has 0 radical (unpaired) electrons. The van der Waals surface area contributed by atoms with Crippen LogP contribution in [0.15, 0.2) is 18.2 Å². The third kappa shape index (κ3) is 3.89. The zero-order chi connectivity index (χ0) is 15.7. The molecule has 0 bridgehead atoms. The molecule has 0 unspecified atom stereocenters. The molecule has 4 nitrogen and oxygen atoms in total. The van der Waals surface area contributed by atoms with Crippen molar-refractivity contribution >= 4 is 10.0 Å². The molecule has 5 heteroatoms. The fourth-order valence-corrected chi connectivity index (χ4v) is 4.78. The van der Waals surface area contributed by atoms with Gasteiger partial charge in [-0.15, -0.1) is 0 Å². The highest BCUT2D eigenvalue weighted by Crippen LogP contribution is 2.28. The number of aryl methyl sites for hydroxylation is 2. The summed E-state index contributed by atoms with van der Waals surface area (Å²) in [7, 11) is -3.04. The van der Waals surface area contributed by atoms with Crippen LogP contribution in [0.25, 0.3) is 0 Å². The van der Waals surface area contributed by atoms with Crippen LogP contribution in [0, 0.1) is 13.8 Å². The van der Waals surface area contributed by atoms with Gasteiger partial charge >= 0.3 is 0 Å². The predicted octanol–water partition coefficient (Wildman–Crippen LogP) is 2.35. The van der Waals surface area contributed by atoms with Gasteiger partial charge in [0.05, 0.1) is 5.25 Å². The Bertz CT molecular complexity index is 630. The third-order valence-corrected chi connectivity index (χ3v) is 6.79. The summed E-state index contributed by atoms with van der Waals surface area (Å²) in [5.74, 6) is 0. The van der Waals surface area contributed by atoms with E-state index in [9.17, 15) is 8.42 Å². The van der Waals surface area contributed by atoms with E-state index < -0.39 is 10.0 Å². The van der Waals surface area contributed by atoms with Gasteiger partial charge in [0.2, 0.25) is 10.0 Å². The summed E-state index contributed by atoms with van der Waals surface area (Å²) < 4.78 is 26.9. The van der Waals surface area contributed by atoms with Gasteiger partial charge in [0.25, 0.3) is 0 Å². The van der Waals surface area contributed by atoms with E-state index in [1.165, 1.54) is 16.7 Å². The van der Waals surface area contributed by atoms with E-state index in [2.05, 4.69) is 41.7 Å². The Hall–Kier alpha value is -0.910. The van der Waals surface area contributed by atoms with Crippen LogP contribution in [0.1, 0.15) is 42.4 Å². The molecule has 1 aromatic carbocycles. The maximum absolute atomic E-state index is 12.0. The molecule has 122 valence electrons. The molecule has 0 aromatic heterocycles. The number of nitrogens with one attached hydrogen (secondary N) is 1. The van der Waals surface area contributed by atoms with Crippen molar-refractivity contribution < 1.29 is 8.42 Å². The van der Waals surface area contributed by atoms with E-state index in [0.717, 1.165) is 45.3 Å². The van der Waals surface area contributed by atoms with Crippen LogP contribution in [0.3, 0.4) is 0 Å². The fraction of sp³-hybridized carbons (Fsp3) is 0.647. The molecule has 1 saturated carbocycles. The first-order chi connectivity index (χ1) is 10.4. The van der Waals surface area contributed by atoms with Crippen molar-refractivity contribution in [2.45, 2.75) is 57.4 Å². The zero-order valence-electron chi connectivity index (χ0n) is 13.5. The molecule has 1 N–H and O–H groups in total. The minimum absolute atomic E-state index is 0.111. The molecule has 22 heavy (non-hydrogen) atoms. The van der Waals surface area contributed by atoms with Gasteiger partial charge in [0, 0.05) is 25.7 Å². The van der Waals surface area contributed by atoms with Crippen LogP contribution in [-0.4, -0.2) is 37.7 Å². The first-order valence-electron chi connectivity index (χ1n) is 8.24. The number of nitrogens with zero attached hydrogens (tertiary/aromatic N) is 1. The molecule has 1 aliphatic carbocycles. The Morgan fingerprint density at radius 3 is 2.45 bits per heavy atom. The average molecular weight is 322 g/mol. The van der Waals surface area contributed by atoms with Gasteiger partial charge in [-0.2, -0.15) is 0 Å². The molecule has 1 aliphatic heterocycles. The van der Waals surface area contributed by atoms with Crippen molar-refractivity contribution in [2.24, 2.45) is 0 Å². The SMILES string of the molecule is Cc1ccc(C)c(CN2CCC(NS(=O)(=O)C3CC3)CC2)c1. The third-order valence-electron chi connectivity index (χ3n) is 4.78. The van der Waals surface area contributed by atoms with Crippen molar-refractivity contribution in [3.05, 3.63) is 34.9 Å². The first-order valence-corrected chi connectivity index (χ1v) is 9.78. The van der Waals surface area contributed by atoms with Crippen LogP contribution in [0.4, 0.5) is 0 Å². The second kappa shape index (κ2) is 6.30. The van der Waals surface area contributed by atoms with Crippen LogP contribution in [0.5, 0.6) is 0 Å². The summed E-state index contributed by atoms with van der Waals surface area (Å²) in [6.07, 6.45) is 3.50. The Labute approximate surface area is 134 Å². The van der Waals surface area contributed by atoms with E-state index in [4.69, 9.17) is 0 Å². The topological polar surface area (TPSA) is 49.4 Å². The van der Waals surface area contributed by atoms with Crippen molar-refractivity contribution in [1.29, 1.82) is 0 Å². The molecule has 3 rings (SSSR count). The van der Waals surface area contributed by atoms with Crippen LogP contribution < -0.4 is 4.72 Å². The lowest BCUT2D eigenvalue weighted by Gasteiger charge is -2.32. The Morgan fingerprint density at radius 2 is 1.82 bits per heavy atom. The Balaban J connectivity index is 1.52. The molecule has 1 heterocycles. The van der Waals surface area contributed by atoms with Gasteiger partial charge < -0.3 is 0 Å². The molecule has 2 aliphatic rings. The zero-order valence-corrected chi connectivity index (χ0v) is 14.3.